The Kier molecular flexibility index (Phi) is 3.40. The van der Waals surface area contributed by atoms with E-state index in [-0.39, 0.29) is 6.42 Å². The first kappa shape index (κ1) is 12.4. The fraction of sp³-hybridized carbons (Fsp3) is 0.500. The van der Waals surface area contributed by atoms with Crippen LogP contribution in [0.4, 0.5) is 13.2 Å². The first-order valence-electron chi connectivity index (χ1n) is 5.47. The zero-order valence-corrected chi connectivity index (χ0v) is 9.26. The van der Waals surface area contributed by atoms with Crippen molar-refractivity contribution in [1.29, 1.82) is 0 Å². The molecule has 0 saturated carbocycles. The van der Waals surface area contributed by atoms with E-state index in [4.69, 9.17) is 10.5 Å². The highest BCUT2D eigenvalue weighted by Crippen LogP contribution is 2.28. The molecule has 5 heteroatoms. The van der Waals surface area contributed by atoms with Gasteiger partial charge in [0.2, 0.25) is 0 Å². The number of halogens is 3. The molecule has 0 radical (unpaired) electrons. The molecule has 0 fully saturated rings. The third-order valence-electron chi connectivity index (χ3n) is 2.91. The molecule has 0 saturated heterocycles. The summed E-state index contributed by atoms with van der Waals surface area (Å²) >= 11 is 0. The minimum Gasteiger partial charge on any atom is -0.372 e. The molecular weight excluding hydrogens is 231 g/mol. The molecule has 1 atom stereocenters. The maximum Gasteiger partial charge on any atom is 0.389 e. The molecule has 17 heavy (non-hydrogen) atoms. The van der Waals surface area contributed by atoms with Gasteiger partial charge in [0.25, 0.3) is 0 Å². The number of hydrogen-bond donors (Lipinski definition) is 1. The van der Waals surface area contributed by atoms with Crippen LogP contribution in [0.15, 0.2) is 18.2 Å². The molecule has 0 aromatic heterocycles. The van der Waals surface area contributed by atoms with Crippen LogP contribution in [-0.4, -0.2) is 6.18 Å². The smallest absolute Gasteiger partial charge is 0.372 e. The van der Waals surface area contributed by atoms with E-state index >= 15 is 0 Å². The van der Waals surface area contributed by atoms with Crippen LogP contribution < -0.4 is 5.73 Å². The Balaban J connectivity index is 2.02. The lowest BCUT2D eigenvalue weighted by Gasteiger charge is -2.14. The molecule has 1 aliphatic rings. The molecule has 1 unspecified atom stereocenters. The van der Waals surface area contributed by atoms with E-state index in [0.717, 1.165) is 16.7 Å². The number of rotatable bonds is 3. The molecule has 0 aliphatic carbocycles. The van der Waals surface area contributed by atoms with Gasteiger partial charge in [0.1, 0.15) is 0 Å². The van der Waals surface area contributed by atoms with Crippen LogP contribution in [0.1, 0.15) is 35.6 Å². The summed E-state index contributed by atoms with van der Waals surface area (Å²) < 4.78 is 41.5. The van der Waals surface area contributed by atoms with Crippen LogP contribution in [0.25, 0.3) is 0 Å². The van der Waals surface area contributed by atoms with E-state index in [0.29, 0.717) is 13.2 Å². The average molecular weight is 245 g/mol. The number of hydrogen-bond acceptors (Lipinski definition) is 2. The summed E-state index contributed by atoms with van der Waals surface area (Å²) in [5, 5.41) is 0. The lowest BCUT2D eigenvalue weighted by atomic mass is 9.98. The van der Waals surface area contributed by atoms with E-state index in [1.165, 1.54) is 0 Å². The Bertz CT molecular complexity index is 403. The van der Waals surface area contributed by atoms with Crippen LogP contribution in [0.2, 0.25) is 0 Å². The maximum atomic E-state index is 12.1. The van der Waals surface area contributed by atoms with Gasteiger partial charge in [-0.25, -0.2) is 0 Å². The van der Waals surface area contributed by atoms with Gasteiger partial charge < -0.3 is 10.5 Å². The summed E-state index contributed by atoms with van der Waals surface area (Å²) in [5.74, 6) is 0. The van der Waals surface area contributed by atoms with Crippen LogP contribution in [0.3, 0.4) is 0 Å². The van der Waals surface area contributed by atoms with Crippen LogP contribution in [0.5, 0.6) is 0 Å². The van der Waals surface area contributed by atoms with E-state index in [1.807, 2.05) is 12.1 Å². The molecule has 2 rings (SSSR count). The van der Waals surface area contributed by atoms with Gasteiger partial charge >= 0.3 is 6.18 Å². The van der Waals surface area contributed by atoms with Crippen molar-refractivity contribution in [2.75, 3.05) is 0 Å². The normalized spacial score (nSPS) is 16.9. The summed E-state index contributed by atoms with van der Waals surface area (Å²) in [4.78, 5) is 0. The first-order valence-corrected chi connectivity index (χ1v) is 5.47. The predicted molar refractivity (Wildman–Crippen MR) is 57.2 cm³/mol. The van der Waals surface area contributed by atoms with Gasteiger partial charge in [0.15, 0.2) is 0 Å². The van der Waals surface area contributed by atoms with Gasteiger partial charge in [-0.1, -0.05) is 18.2 Å². The lowest BCUT2D eigenvalue weighted by Crippen LogP contribution is -2.16. The third kappa shape index (κ3) is 3.20. The summed E-state index contributed by atoms with van der Waals surface area (Å²) in [6.07, 6.45) is -5.07. The molecule has 1 aromatic rings. The highest BCUT2D eigenvalue weighted by atomic mass is 19.4. The molecule has 0 amide bonds. The number of alkyl halides is 3. The summed E-state index contributed by atoms with van der Waals surface area (Å²) in [5.41, 5.74) is 8.63. The quantitative estimate of drug-likeness (QED) is 0.888. The molecule has 0 spiro atoms. The second kappa shape index (κ2) is 4.66. The van der Waals surface area contributed by atoms with Crippen molar-refractivity contribution in [3.63, 3.8) is 0 Å². The highest BCUT2D eigenvalue weighted by molar-refractivity contribution is 5.34. The molecule has 1 aromatic carbocycles. The average Bonchev–Trinajstić information content (AvgIpc) is 2.71. The van der Waals surface area contributed by atoms with Gasteiger partial charge in [-0.15, -0.1) is 0 Å². The van der Waals surface area contributed by atoms with Gasteiger partial charge in [-0.3, -0.25) is 0 Å². The van der Waals surface area contributed by atoms with Crippen molar-refractivity contribution in [3.05, 3.63) is 34.9 Å². The fourth-order valence-corrected chi connectivity index (χ4v) is 1.91. The second-order valence-electron chi connectivity index (χ2n) is 4.28. The zero-order chi connectivity index (χ0) is 12.5. The van der Waals surface area contributed by atoms with Crippen LogP contribution >= 0.6 is 0 Å². The monoisotopic (exact) mass is 245 g/mol. The van der Waals surface area contributed by atoms with E-state index in [2.05, 4.69) is 0 Å². The zero-order valence-electron chi connectivity index (χ0n) is 9.26. The third-order valence-corrected chi connectivity index (χ3v) is 2.91. The Morgan fingerprint density at radius 2 is 1.94 bits per heavy atom. The molecule has 1 heterocycles. The number of nitrogens with two attached hydrogens (primary N) is 1. The summed E-state index contributed by atoms with van der Waals surface area (Å²) in [7, 11) is 0. The summed E-state index contributed by atoms with van der Waals surface area (Å²) in [6.45, 7) is 1.10. The molecular formula is C12H14F3NO. The van der Waals surface area contributed by atoms with E-state index in [9.17, 15) is 13.2 Å². The van der Waals surface area contributed by atoms with Crippen molar-refractivity contribution in [3.8, 4) is 0 Å². The minimum absolute atomic E-state index is 0.0802. The van der Waals surface area contributed by atoms with Crippen molar-refractivity contribution in [1.82, 2.24) is 0 Å². The number of ether oxygens (including phenoxy) is 1. The lowest BCUT2D eigenvalue weighted by molar-refractivity contribution is -0.136. The van der Waals surface area contributed by atoms with Gasteiger partial charge in [-0.2, -0.15) is 13.2 Å². The van der Waals surface area contributed by atoms with Crippen molar-refractivity contribution >= 4 is 0 Å². The van der Waals surface area contributed by atoms with Gasteiger partial charge in [0, 0.05) is 12.5 Å². The maximum absolute atomic E-state index is 12.1. The number of benzene rings is 1. The van der Waals surface area contributed by atoms with E-state index in [1.54, 1.807) is 6.07 Å². The second-order valence-corrected chi connectivity index (χ2v) is 4.28. The Labute approximate surface area is 97.6 Å². The Hall–Kier alpha value is -1.07. The standard InChI is InChI=1S/C12H14F3NO/c13-12(14,15)4-3-11(16)8-1-2-9-6-17-7-10(9)5-8/h1-2,5,11H,3-4,6-7,16H2. The molecule has 2 N–H and O–H groups in total. The van der Waals surface area contributed by atoms with E-state index < -0.39 is 18.6 Å². The fourth-order valence-electron chi connectivity index (χ4n) is 1.91. The molecule has 0 bridgehead atoms. The first-order chi connectivity index (χ1) is 7.96. The van der Waals surface area contributed by atoms with Crippen molar-refractivity contribution < 1.29 is 17.9 Å². The van der Waals surface area contributed by atoms with Crippen molar-refractivity contribution in [2.24, 2.45) is 5.73 Å². The minimum atomic E-state index is -4.14. The molecule has 1 aliphatic heterocycles. The number of fused-ring (bicyclic) bond motifs is 1. The molecule has 94 valence electrons. The summed E-state index contributed by atoms with van der Waals surface area (Å²) in [6, 6.07) is 4.95. The highest BCUT2D eigenvalue weighted by Gasteiger charge is 2.28. The predicted octanol–water partition coefficient (Wildman–Crippen LogP) is 3.06. The van der Waals surface area contributed by atoms with Gasteiger partial charge in [0.05, 0.1) is 13.2 Å². The Morgan fingerprint density at radius 3 is 2.65 bits per heavy atom. The van der Waals surface area contributed by atoms with Crippen LogP contribution in [0, 0.1) is 0 Å². The van der Waals surface area contributed by atoms with Gasteiger partial charge in [-0.05, 0) is 23.1 Å². The molecule has 2 nitrogen and oxygen atoms in total. The van der Waals surface area contributed by atoms with Crippen LogP contribution in [-0.2, 0) is 18.0 Å². The topological polar surface area (TPSA) is 35.2 Å². The largest absolute Gasteiger partial charge is 0.389 e. The van der Waals surface area contributed by atoms with Crippen molar-refractivity contribution in [2.45, 2.75) is 38.3 Å². The Morgan fingerprint density at radius 1 is 1.24 bits per heavy atom. The SMILES string of the molecule is NC(CCC(F)(F)F)c1ccc2c(c1)COC2.